The number of alkyl halides is 2. The fourth-order valence-electron chi connectivity index (χ4n) is 7.73. The van der Waals surface area contributed by atoms with Crippen molar-refractivity contribution in [1.29, 1.82) is 0 Å². The lowest BCUT2D eigenvalue weighted by Gasteiger charge is -2.54. The maximum absolute atomic E-state index is 13.9. The van der Waals surface area contributed by atoms with E-state index in [0.29, 0.717) is 40.9 Å². The van der Waals surface area contributed by atoms with E-state index in [4.69, 9.17) is 19.4 Å². The number of nitrogens with one attached hydrogen (secondary N) is 1. The van der Waals surface area contributed by atoms with Crippen LogP contribution in [0.15, 0.2) is 43.6 Å². The summed E-state index contributed by atoms with van der Waals surface area (Å²) in [4.78, 5) is 28.6. The zero-order valence-corrected chi connectivity index (χ0v) is 28.2. The number of carbonyl (C=O) groups is 1. The zero-order chi connectivity index (χ0) is 34.3. The lowest BCUT2D eigenvalue weighted by molar-refractivity contribution is -0.139. The molecule has 7 rings (SSSR count). The van der Waals surface area contributed by atoms with Crippen molar-refractivity contribution in [3.8, 4) is 22.9 Å². The molecule has 0 unspecified atom stereocenters. The SMILES string of the molecule is C=CC(=O)N1CC2(CCN(c3nc(OC4CCN(CC)CC4)nc4c(OCC(F)F)c(-c5c(C)ccc6[nH]ncc56)c(C=C)cc34)CC2)C1. The molecule has 2 aromatic carbocycles. The van der Waals surface area contributed by atoms with E-state index in [1.54, 1.807) is 12.3 Å². The summed E-state index contributed by atoms with van der Waals surface area (Å²) in [6, 6.07) is 6.12. The van der Waals surface area contributed by atoms with Crippen LogP contribution in [-0.4, -0.2) is 101 Å². The Balaban J connectivity index is 1.36. The number of aromatic nitrogens is 4. The van der Waals surface area contributed by atoms with Crippen LogP contribution in [0.25, 0.3) is 39.0 Å². The second-order valence-corrected chi connectivity index (χ2v) is 13.5. The quantitative estimate of drug-likeness (QED) is 0.198. The molecule has 3 fully saturated rings. The van der Waals surface area contributed by atoms with Crippen molar-refractivity contribution in [1.82, 2.24) is 30.0 Å². The molecular formula is C37H43F2N7O3. The molecule has 0 bridgehead atoms. The summed E-state index contributed by atoms with van der Waals surface area (Å²) in [5, 5.41) is 8.81. The van der Waals surface area contributed by atoms with Crippen LogP contribution in [0.1, 0.15) is 43.7 Å². The molecule has 2 aromatic heterocycles. The summed E-state index contributed by atoms with van der Waals surface area (Å²) in [5.41, 5.74) is 4.37. The van der Waals surface area contributed by atoms with Gasteiger partial charge in [0, 0.05) is 61.0 Å². The van der Waals surface area contributed by atoms with E-state index in [2.05, 4.69) is 40.1 Å². The molecule has 258 valence electrons. The number of piperidine rings is 2. The number of benzene rings is 2. The Kier molecular flexibility index (Phi) is 8.99. The fourth-order valence-corrected chi connectivity index (χ4v) is 7.73. The molecule has 1 spiro atoms. The van der Waals surface area contributed by atoms with Crippen molar-refractivity contribution < 1.29 is 23.0 Å². The van der Waals surface area contributed by atoms with Crippen molar-refractivity contribution in [2.75, 3.05) is 57.3 Å². The Morgan fingerprint density at radius 2 is 1.86 bits per heavy atom. The van der Waals surface area contributed by atoms with Crippen LogP contribution in [0.5, 0.6) is 11.8 Å². The van der Waals surface area contributed by atoms with Crippen molar-refractivity contribution in [2.45, 2.75) is 52.1 Å². The van der Waals surface area contributed by atoms with Gasteiger partial charge in [0.2, 0.25) is 5.91 Å². The van der Waals surface area contributed by atoms with E-state index in [-0.39, 0.29) is 29.2 Å². The van der Waals surface area contributed by atoms with Crippen molar-refractivity contribution in [3.63, 3.8) is 0 Å². The molecule has 3 saturated heterocycles. The Hall–Kier alpha value is -4.58. The van der Waals surface area contributed by atoms with Gasteiger partial charge >= 0.3 is 6.01 Å². The molecule has 4 aromatic rings. The smallest absolute Gasteiger partial charge is 0.319 e. The fraction of sp³-hybridized carbons (Fsp3) is 0.459. The van der Waals surface area contributed by atoms with E-state index in [1.165, 1.54) is 6.08 Å². The van der Waals surface area contributed by atoms with E-state index >= 15 is 0 Å². The van der Waals surface area contributed by atoms with E-state index in [1.807, 2.05) is 30.0 Å². The summed E-state index contributed by atoms with van der Waals surface area (Å²) in [5.74, 6) is 0.880. The number of fused-ring (bicyclic) bond motifs is 2. The van der Waals surface area contributed by atoms with Gasteiger partial charge in [0.1, 0.15) is 24.0 Å². The number of nitrogens with zero attached hydrogens (tertiary/aromatic N) is 6. The van der Waals surface area contributed by atoms with Gasteiger partial charge in [-0.1, -0.05) is 32.2 Å². The molecule has 10 nitrogen and oxygen atoms in total. The van der Waals surface area contributed by atoms with Crippen LogP contribution in [0.2, 0.25) is 0 Å². The molecule has 0 saturated carbocycles. The Bertz CT molecular complexity index is 1890. The van der Waals surface area contributed by atoms with E-state index in [0.717, 1.165) is 80.4 Å². The molecule has 49 heavy (non-hydrogen) atoms. The van der Waals surface area contributed by atoms with Gasteiger partial charge in [0.15, 0.2) is 5.75 Å². The lowest BCUT2D eigenvalue weighted by atomic mass is 9.72. The summed E-state index contributed by atoms with van der Waals surface area (Å²) in [6.45, 7) is 16.8. The Morgan fingerprint density at radius 1 is 1.10 bits per heavy atom. The third kappa shape index (κ3) is 6.22. The number of H-pyrrole nitrogens is 1. The first-order chi connectivity index (χ1) is 23.7. The number of hydrogen-bond donors (Lipinski definition) is 1. The number of ether oxygens (including phenoxy) is 2. The predicted octanol–water partition coefficient (Wildman–Crippen LogP) is 6.25. The Labute approximate surface area is 284 Å². The monoisotopic (exact) mass is 671 g/mol. The van der Waals surface area contributed by atoms with E-state index in [9.17, 15) is 13.6 Å². The van der Waals surface area contributed by atoms with Crippen LogP contribution in [0.4, 0.5) is 14.6 Å². The number of rotatable bonds is 10. The number of amides is 1. The van der Waals surface area contributed by atoms with Gasteiger partial charge in [-0.2, -0.15) is 15.1 Å². The van der Waals surface area contributed by atoms with Gasteiger partial charge in [-0.25, -0.2) is 8.78 Å². The maximum atomic E-state index is 13.9. The number of aromatic amines is 1. The first kappa shape index (κ1) is 32.9. The van der Waals surface area contributed by atoms with Gasteiger partial charge in [0.25, 0.3) is 6.43 Å². The number of likely N-dealkylation sites (tertiary alicyclic amines) is 2. The van der Waals surface area contributed by atoms with Crippen molar-refractivity contribution in [3.05, 3.63) is 54.8 Å². The molecular weight excluding hydrogens is 628 g/mol. The highest BCUT2D eigenvalue weighted by atomic mass is 19.3. The summed E-state index contributed by atoms with van der Waals surface area (Å²) in [7, 11) is 0. The minimum absolute atomic E-state index is 0.0353. The Morgan fingerprint density at radius 3 is 2.53 bits per heavy atom. The van der Waals surface area contributed by atoms with Crippen LogP contribution < -0.4 is 14.4 Å². The highest BCUT2D eigenvalue weighted by Crippen LogP contribution is 2.47. The first-order valence-electron chi connectivity index (χ1n) is 17.1. The number of anilines is 1. The standard InChI is InChI=1S/C37H43F2N7O3/c1-5-24-18-26-33(34(48-20-29(38)39)32(24)31-23(4)8-9-28-27(31)19-40-43-28)41-36(49-25-10-14-44(7-3)15-11-25)42-35(26)45-16-12-37(13-17-45)21-46(22-37)30(47)6-2/h5-6,8-9,18-19,25,29H,1-2,7,10-17,20-22H2,3-4H3,(H,40,43). The number of halogens is 2. The minimum Gasteiger partial charge on any atom is -0.485 e. The van der Waals surface area contributed by atoms with Gasteiger partial charge < -0.3 is 24.2 Å². The topological polar surface area (TPSA) is 99.7 Å². The van der Waals surface area contributed by atoms with Gasteiger partial charge in [-0.15, -0.1) is 0 Å². The lowest BCUT2D eigenvalue weighted by Crippen LogP contribution is -2.61. The van der Waals surface area contributed by atoms with Crippen LogP contribution >= 0.6 is 0 Å². The predicted molar refractivity (Wildman–Crippen MR) is 187 cm³/mol. The third-order valence-corrected chi connectivity index (χ3v) is 10.5. The molecule has 3 aliphatic rings. The van der Waals surface area contributed by atoms with Gasteiger partial charge in [0.05, 0.1) is 11.7 Å². The highest BCUT2D eigenvalue weighted by Gasteiger charge is 2.46. The zero-order valence-electron chi connectivity index (χ0n) is 28.2. The number of carbonyl (C=O) groups excluding carboxylic acids is 1. The molecule has 12 heteroatoms. The molecule has 1 N–H and O–H groups in total. The molecule has 0 aliphatic carbocycles. The van der Waals surface area contributed by atoms with E-state index < -0.39 is 13.0 Å². The molecule has 0 atom stereocenters. The number of aryl methyl sites for hydroxylation is 1. The molecule has 5 heterocycles. The first-order valence-corrected chi connectivity index (χ1v) is 17.1. The molecule has 3 aliphatic heterocycles. The third-order valence-electron chi connectivity index (χ3n) is 10.5. The molecule has 0 radical (unpaired) electrons. The summed E-state index contributed by atoms with van der Waals surface area (Å²) >= 11 is 0. The van der Waals surface area contributed by atoms with Gasteiger partial charge in [-0.3, -0.25) is 9.89 Å². The molecule has 1 amide bonds. The van der Waals surface area contributed by atoms with Crippen LogP contribution in [-0.2, 0) is 4.79 Å². The number of hydrogen-bond acceptors (Lipinski definition) is 8. The minimum atomic E-state index is -2.70. The van der Waals surface area contributed by atoms with Gasteiger partial charge in [-0.05, 0) is 74.1 Å². The average Bonchev–Trinajstić information content (AvgIpc) is 3.58. The summed E-state index contributed by atoms with van der Waals surface area (Å²) < 4.78 is 40.4. The van der Waals surface area contributed by atoms with Crippen LogP contribution in [0.3, 0.4) is 0 Å². The van der Waals surface area contributed by atoms with Crippen molar-refractivity contribution in [2.24, 2.45) is 5.41 Å². The van der Waals surface area contributed by atoms with Crippen LogP contribution in [0, 0.1) is 12.3 Å². The maximum Gasteiger partial charge on any atom is 0.319 e. The second-order valence-electron chi connectivity index (χ2n) is 13.5. The largest absolute Gasteiger partial charge is 0.485 e. The highest BCUT2D eigenvalue weighted by molar-refractivity contribution is 6.07. The normalized spacial score (nSPS) is 18.3. The average molecular weight is 672 g/mol. The summed E-state index contributed by atoms with van der Waals surface area (Å²) in [6.07, 6.45) is 5.51. The second kappa shape index (κ2) is 13.4. The van der Waals surface area contributed by atoms with Crippen molar-refractivity contribution >= 4 is 39.6 Å².